The highest BCUT2D eigenvalue weighted by molar-refractivity contribution is 9.09. The van der Waals surface area contributed by atoms with Crippen LogP contribution in [0.25, 0.3) is 0 Å². The number of halogens is 3. The highest BCUT2D eigenvalue weighted by Crippen LogP contribution is 2.21. The first kappa shape index (κ1) is 13.5. The van der Waals surface area contributed by atoms with Crippen LogP contribution in [0.15, 0.2) is 6.07 Å². The Morgan fingerprint density at radius 2 is 1.80 bits per heavy atom. The van der Waals surface area contributed by atoms with Gasteiger partial charge in [0, 0.05) is 38.6 Å². The molecule has 5 heteroatoms. The molecule has 2 N–H and O–H groups in total. The molecule has 2 nitrogen and oxygen atoms in total. The van der Waals surface area contributed by atoms with Crippen LogP contribution < -0.4 is 5.73 Å². The minimum absolute atomic E-state index is 0.767. The summed E-state index contributed by atoms with van der Waals surface area (Å²) < 4.78 is 0. The van der Waals surface area contributed by atoms with Gasteiger partial charge in [-0.2, -0.15) is 0 Å². The second-order valence-electron chi connectivity index (χ2n) is 3.14. The second kappa shape index (κ2) is 6.86. The molecular formula is C10H13Br3N2. The van der Waals surface area contributed by atoms with E-state index in [1.807, 2.05) is 6.07 Å². The number of nitrogens with zero attached hydrogens (tertiary/aromatic N) is 1. The molecule has 0 amide bonds. The SMILES string of the molecule is Nc1cc(CCBr)nc(CCBr)c1CBr. The minimum atomic E-state index is 0.767. The van der Waals surface area contributed by atoms with Crippen molar-refractivity contribution in [2.24, 2.45) is 0 Å². The van der Waals surface area contributed by atoms with E-state index in [1.165, 1.54) is 0 Å². The standard InChI is InChI=1S/C10H13Br3N2/c11-3-1-7-5-9(14)8(6-13)10(15-7)2-4-12/h5H,1-4,6H2,(H2,14,15). The molecular weight excluding hydrogens is 388 g/mol. The first-order valence-corrected chi connectivity index (χ1v) is 8.04. The first-order chi connectivity index (χ1) is 7.22. The predicted octanol–water partition coefficient (Wildman–Crippen LogP) is 3.43. The number of alkyl halides is 3. The van der Waals surface area contributed by atoms with E-state index >= 15 is 0 Å². The lowest BCUT2D eigenvalue weighted by atomic mass is 10.1. The molecule has 0 atom stereocenters. The molecule has 0 spiro atoms. The summed E-state index contributed by atoms with van der Waals surface area (Å²) in [7, 11) is 0. The molecule has 0 aliphatic heterocycles. The van der Waals surface area contributed by atoms with Gasteiger partial charge in [0.1, 0.15) is 0 Å². The molecule has 0 aromatic carbocycles. The lowest BCUT2D eigenvalue weighted by Crippen LogP contribution is -2.06. The van der Waals surface area contributed by atoms with Crippen molar-refractivity contribution in [2.45, 2.75) is 18.2 Å². The van der Waals surface area contributed by atoms with Gasteiger partial charge in [-0.25, -0.2) is 0 Å². The molecule has 1 rings (SSSR count). The highest BCUT2D eigenvalue weighted by atomic mass is 79.9. The van der Waals surface area contributed by atoms with Crippen molar-refractivity contribution in [3.63, 3.8) is 0 Å². The predicted molar refractivity (Wildman–Crippen MR) is 76.3 cm³/mol. The Morgan fingerprint density at radius 1 is 1.13 bits per heavy atom. The average molecular weight is 401 g/mol. The maximum atomic E-state index is 5.99. The molecule has 84 valence electrons. The van der Waals surface area contributed by atoms with Crippen molar-refractivity contribution in [3.8, 4) is 0 Å². The Morgan fingerprint density at radius 3 is 2.33 bits per heavy atom. The lowest BCUT2D eigenvalue weighted by molar-refractivity contribution is 0.953. The van der Waals surface area contributed by atoms with Crippen LogP contribution in [-0.4, -0.2) is 15.6 Å². The molecule has 0 saturated heterocycles. The summed E-state index contributed by atoms with van der Waals surface area (Å²) in [5.41, 5.74) is 10.1. The molecule has 0 aliphatic carbocycles. The Kier molecular flexibility index (Phi) is 6.16. The normalized spacial score (nSPS) is 10.6. The van der Waals surface area contributed by atoms with Crippen molar-refractivity contribution in [1.82, 2.24) is 4.98 Å². The van der Waals surface area contributed by atoms with E-state index in [9.17, 15) is 0 Å². The number of aryl methyl sites for hydroxylation is 2. The number of aromatic nitrogens is 1. The minimum Gasteiger partial charge on any atom is -0.398 e. The summed E-state index contributed by atoms with van der Waals surface area (Å²) in [6, 6.07) is 1.97. The van der Waals surface area contributed by atoms with Gasteiger partial charge in [0.25, 0.3) is 0 Å². The maximum absolute atomic E-state index is 5.99. The summed E-state index contributed by atoms with van der Waals surface area (Å²) in [4.78, 5) is 4.61. The number of hydrogen-bond acceptors (Lipinski definition) is 2. The number of pyridine rings is 1. The summed E-state index contributed by atoms with van der Waals surface area (Å²) in [5.74, 6) is 0. The van der Waals surface area contributed by atoms with Crippen LogP contribution >= 0.6 is 47.8 Å². The fraction of sp³-hybridized carbons (Fsp3) is 0.500. The monoisotopic (exact) mass is 398 g/mol. The van der Waals surface area contributed by atoms with Crippen LogP contribution in [0.1, 0.15) is 17.0 Å². The Hall–Kier alpha value is 0.390. The van der Waals surface area contributed by atoms with Gasteiger partial charge in [-0.05, 0) is 18.9 Å². The van der Waals surface area contributed by atoms with Crippen molar-refractivity contribution in [3.05, 3.63) is 23.0 Å². The van der Waals surface area contributed by atoms with Crippen LogP contribution in [0.4, 0.5) is 5.69 Å². The molecule has 0 unspecified atom stereocenters. The van der Waals surface area contributed by atoms with E-state index in [4.69, 9.17) is 5.73 Å². The molecule has 0 aliphatic rings. The first-order valence-electron chi connectivity index (χ1n) is 4.68. The Balaban J connectivity index is 3.07. The largest absolute Gasteiger partial charge is 0.398 e. The zero-order chi connectivity index (χ0) is 11.3. The molecule has 1 aromatic heterocycles. The van der Waals surface area contributed by atoms with Crippen molar-refractivity contribution < 1.29 is 0 Å². The molecule has 15 heavy (non-hydrogen) atoms. The summed E-state index contributed by atoms with van der Waals surface area (Å²) in [6.07, 6.45) is 1.84. The van der Waals surface area contributed by atoms with E-state index in [0.717, 1.165) is 51.5 Å². The molecule has 0 fully saturated rings. The zero-order valence-corrected chi connectivity index (χ0v) is 13.0. The fourth-order valence-corrected chi connectivity index (χ4v) is 2.81. The molecule has 0 bridgehead atoms. The Labute approximate surface area is 115 Å². The number of nitrogens with two attached hydrogens (primary N) is 1. The molecule has 1 aromatic rings. The van der Waals surface area contributed by atoms with Crippen molar-refractivity contribution >= 4 is 53.5 Å². The summed E-state index contributed by atoms with van der Waals surface area (Å²) >= 11 is 10.3. The maximum Gasteiger partial charge on any atom is 0.0476 e. The van der Waals surface area contributed by atoms with Crippen LogP contribution in [0.3, 0.4) is 0 Å². The van der Waals surface area contributed by atoms with Crippen LogP contribution in [0.2, 0.25) is 0 Å². The molecule has 1 heterocycles. The average Bonchev–Trinajstić information content (AvgIpc) is 2.18. The lowest BCUT2D eigenvalue weighted by Gasteiger charge is -2.10. The van der Waals surface area contributed by atoms with Crippen LogP contribution in [0.5, 0.6) is 0 Å². The summed E-state index contributed by atoms with van der Waals surface area (Å²) in [5, 5.41) is 2.60. The third kappa shape index (κ3) is 3.71. The Bertz CT molecular complexity index is 329. The van der Waals surface area contributed by atoms with Gasteiger partial charge in [-0.15, -0.1) is 0 Å². The van der Waals surface area contributed by atoms with Crippen molar-refractivity contribution in [2.75, 3.05) is 16.4 Å². The molecule has 0 radical (unpaired) electrons. The van der Waals surface area contributed by atoms with Gasteiger partial charge in [0.05, 0.1) is 0 Å². The van der Waals surface area contributed by atoms with Gasteiger partial charge in [-0.3, -0.25) is 4.98 Å². The van der Waals surface area contributed by atoms with E-state index < -0.39 is 0 Å². The number of nitrogen functional groups attached to an aromatic ring is 1. The van der Waals surface area contributed by atoms with Crippen LogP contribution in [-0.2, 0) is 18.2 Å². The fourth-order valence-electron chi connectivity index (χ4n) is 1.38. The molecule has 0 saturated carbocycles. The number of anilines is 1. The van der Waals surface area contributed by atoms with E-state index in [-0.39, 0.29) is 0 Å². The third-order valence-corrected chi connectivity index (χ3v) is 3.47. The van der Waals surface area contributed by atoms with E-state index in [2.05, 4.69) is 52.8 Å². The van der Waals surface area contributed by atoms with Crippen molar-refractivity contribution in [1.29, 1.82) is 0 Å². The number of hydrogen-bond donors (Lipinski definition) is 1. The van der Waals surface area contributed by atoms with Gasteiger partial charge in [-0.1, -0.05) is 47.8 Å². The van der Waals surface area contributed by atoms with Crippen LogP contribution in [0, 0.1) is 0 Å². The van der Waals surface area contributed by atoms with Gasteiger partial charge < -0.3 is 5.73 Å². The third-order valence-electron chi connectivity index (χ3n) is 2.11. The van der Waals surface area contributed by atoms with E-state index in [0.29, 0.717) is 0 Å². The quantitative estimate of drug-likeness (QED) is 0.769. The van der Waals surface area contributed by atoms with Gasteiger partial charge in [0.2, 0.25) is 0 Å². The highest BCUT2D eigenvalue weighted by Gasteiger charge is 2.09. The zero-order valence-electron chi connectivity index (χ0n) is 8.27. The van der Waals surface area contributed by atoms with Gasteiger partial charge >= 0.3 is 0 Å². The second-order valence-corrected chi connectivity index (χ2v) is 5.29. The van der Waals surface area contributed by atoms with E-state index in [1.54, 1.807) is 0 Å². The van der Waals surface area contributed by atoms with Gasteiger partial charge in [0.15, 0.2) is 0 Å². The number of rotatable bonds is 5. The summed E-state index contributed by atoms with van der Waals surface area (Å²) in [6.45, 7) is 0. The smallest absolute Gasteiger partial charge is 0.0476 e. The topological polar surface area (TPSA) is 38.9 Å².